The van der Waals surface area contributed by atoms with E-state index in [2.05, 4.69) is 13.2 Å². The number of nitro benzene ring substituents is 1. The predicted molar refractivity (Wildman–Crippen MR) is 80.8 cm³/mol. The van der Waals surface area contributed by atoms with Crippen LogP contribution in [0.4, 0.5) is 5.69 Å². The first-order chi connectivity index (χ1) is 9.58. The minimum atomic E-state index is -0.449. The van der Waals surface area contributed by atoms with Gasteiger partial charge < -0.3 is 4.90 Å². The van der Waals surface area contributed by atoms with Gasteiger partial charge in [0.05, 0.1) is 10.7 Å². The average Bonchev–Trinajstić information content (AvgIpc) is 2.45. The first kappa shape index (κ1) is 16.0. The summed E-state index contributed by atoms with van der Waals surface area (Å²) in [6, 6.07) is 6.14. The van der Waals surface area contributed by atoms with Gasteiger partial charge in [0.2, 0.25) is 5.91 Å². The molecule has 6 heteroatoms. The van der Waals surface area contributed by atoms with E-state index in [0.717, 1.165) is 4.90 Å². The smallest absolute Gasteiger partial charge is 0.269 e. The molecule has 0 aliphatic rings. The van der Waals surface area contributed by atoms with Crippen molar-refractivity contribution in [1.29, 1.82) is 0 Å². The Morgan fingerprint density at radius 1 is 1.25 bits per heavy atom. The van der Waals surface area contributed by atoms with Crippen molar-refractivity contribution in [2.45, 2.75) is 4.90 Å². The molecule has 0 fully saturated rings. The summed E-state index contributed by atoms with van der Waals surface area (Å²) in [5.41, 5.74) is 0.0422. The SMILES string of the molecule is C=CCN(CC=C)C(=O)CSc1ccc([N+](=O)[O-])cc1. The molecule has 0 saturated carbocycles. The van der Waals surface area contributed by atoms with E-state index in [1.807, 2.05) is 0 Å². The number of nitrogens with zero attached hydrogens (tertiary/aromatic N) is 2. The molecule has 0 unspecified atom stereocenters. The number of benzene rings is 1. The second-order valence-corrected chi connectivity index (χ2v) is 4.96. The van der Waals surface area contributed by atoms with Gasteiger partial charge in [-0.05, 0) is 12.1 Å². The Bertz CT molecular complexity index is 490. The first-order valence-corrected chi connectivity index (χ1v) is 6.94. The Balaban J connectivity index is 2.56. The van der Waals surface area contributed by atoms with E-state index in [0.29, 0.717) is 13.1 Å². The van der Waals surface area contributed by atoms with Crippen LogP contribution < -0.4 is 0 Å². The number of nitro groups is 1. The van der Waals surface area contributed by atoms with Crippen LogP contribution in [0.15, 0.2) is 54.5 Å². The number of carbonyl (C=O) groups is 1. The van der Waals surface area contributed by atoms with E-state index in [-0.39, 0.29) is 17.3 Å². The van der Waals surface area contributed by atoms with Crippen molar-refractivity contribution in [1.82, 2.24) is 4.90 Å². The first-order valence-electron chi connectivity index (χ1n) is 5.95. The Kier molecular flexibility index (Phi) is 6.52. The molecule has 5 nitrogen and oxygen atoms in total. The minimum absolute atomic E-state index is 0.0202. The maximum absolute atomic E-state index is 12.0. The molecule has 1 aromatic rings. The fourth-order valence-corrected chi connectivity index (χ4v) is 2.29. The van der Waals surface area contributed by atoms with Gasteiger partial charge in [0.15, 0.2) is 0 Å². The molecule has 0 heterocycles. The van der Waals surface area contributed by atoms with Crippen LogP contribution in [-0.4, -0.2) is 34.6 Å². The quantitative estimate of drug-likeness (QED) is 0.320. The van der Waals surface area contributed by atoms with Crippen LogP contribution in [0.25, 0.3) is 0 Å². The molecular formula is C14H16N2O3S. The summed E-state index contributed by atoms with van der Waals surface area (Å²) in [5, 5.41) is 10.5. The molecular weight excluding hydrogens is 276 g/mol. The van der Waals surface area contributed by atoms with Crippen molar-refractivity contribution in [2.75, 3.05) is 18.8 Å². The largest absolute Gasteiger partial charge is 0.335 e. The highest BCUT2D eigenvalue weighted by Gasteiger charge is 2.11. The third-order valence-electron chi connectivity index (χ3n) is 2.46. The molecule has 0 aromatic heterocycles. The molecule has 0 bridgehead atoms. The van der Waals surface area contributed by atoms with Crippen molar-refractivity contribution in [3.63, 3.8) is 0 Å². The van der Waals surface area contributed by atoms with Crippen molar-refractivity contribution in [3.8, 4) is 0 Å². The summed E-state index contributed by atoms with van der Waals surface area (Å²) >= 11 is 1.35. The maximum Gasteiger partial charge on any atom is 0.269 e. The van der Waals surface area contributed by atoms with Gasteiger partial charge in [-0.2, -0.15) is 0 Å². The topological polar surface area (TPSA) is 63.5 Å². The summed E-state index contributed by atoms with van der Waals surface area (Å²) in [6.45, 7) is 8.18. The van der Waals surface area contributed by atoms with Crippen LogP contribution in [0.3, 0.4) is 0 Å². The zero-order valence-electron chi connectivity index (χ0n) is 11.0. The molecule has 0 saturated heterocycles. The molecule has 0 aliphatic carbocycles. The van der Waals surface area contributed by atoms with E-state index in [9.17, 15) is 14.9 Å². The molecule has 1 aromatic carbocycles. The number of hydrogen-bond donors (Lipinski definition) is 0. The van der Waals surface area contributed by atoms with Gasteiger partial charge in [-0.1, -0.05) is 12.2 Å². The molecule has 1 amide bonds. The maximum atomic E-state index is 12.0. The van der Waals surface area contributed by atoms with E-state index in [4.69, 9.17) is 0 Å². The lowest BCUT2D eigenvalue weighted by atomic mass is 10.3. The van der Waals surface area contributed by atoms with Crippen LogP contribution in [0.5, 0.6) is 0 Å². The Hall–Kier alpha value is -2.08. The van der Waals surface area contributed by atoms with Crippen molar-refractivity contribution < 1.29 is 9.72 Å². The summed E-state index contributed by atoms with van der Waals surface area (Å²) in [5.74, 6) is 0.257. The van der Waals surface area contributed by atoms with Crippen molar-refractivity contribution in [2.24, 2.45) is 0 Å². The number of rotatable bonds is 8. The molecule has 20 heavy (non-hydrogen) atoms. The van der Waals surface area contributed by atoms with E-state index in [1.54, 1.807) is 29.2 Å². The van der Waals surface area contributed by atoms with Gasteiger partial charge in [0.1, 0.15) is 0 Å². The Labute approximate surface area is 122 Å². The number of amides is 1. The van der Waals surface area contributed by atoms with Crippen LogP contribution in [0, 0.1) is 10.1 Å². The fourth-order valence-electron chi connectivity index (χ4n) is 1.49. The van der Waals surface area contributed by atoms with Gasteiger partial charge in [-0.25, -0.2) is 0 Å². The Morgan fingerprint density at radius 3 is 2.25 bits per heavy atom. The highest BCUT2D eigenvalue weighted by molar-refractivity contribution is 8.00. The zero-order valence-corrected chi connectivity index (χ0v) is 11.8. The minimum Gasteiger partial charge on any atom is -0.335 e. The molecule has 0 N–H and O–H groups in total. The normalized spacial score (nSPS) is 9.80. The molecule has 0 spiro atoms. The van der Waals surface area contributed by atoms with Gasteiger partial charge in [0, 0.05) is 30.1 Å². The number of hydrogen-bond acceptors (Lipinski definition) is 4. The van der Waals surface area contributed by atoms with E-state index >= 15 is 0 Å². The highest BCUT2D eigenvalue weighted by atomic mass is 32.2. The van der Waals surface area contributed by atoms with Crippen LogP contribution in [0.2, 0.25) is 0 Å². The van der Waals surface area contributed by atoms with Gasteiger partial charge in [-0.3, -0.25) is 14.9 Å². The number of carbonyl (C=O) groups excluding carboxylic acids is 1. The summed E-state index contributed by atoms with van der Waals surface area (Å²) in [4.78, 5) is 24.5. The monoisotopic (exact) mass is 292 g/mol. The van der Waals surface area contributed by atoms with Gasteiger partial charge in [-0.15, -0.1) is 24.9 Å². The molecule has 0 aliphatic heterocycles. The summed E-state index contributed by atoms with van der Waals surface area (Å²) in [6.07, 6.45) is 3.33. The summed E-state index contributed by atoms with van der Waals surface area (Å²) < 4.78 is 0. The second kappa shape index (κ2) is 8.16. The van der Waals surface area contributed by atoms with Crippen LogP contribution >= 0.6 is 11.8 Å². The third kappa shape index (κ3) is 4.89. The van der Waals surface area contributed by atoms with Gasteiger partial charge in [0.25, 0.3) is 5.69 Å². The Morgan fingerprint density at radius 2 is 1.80 bits per heavy atom. The van der Waals surface area contributed by atoms with Gasteiger partial charge >= 0.3 is 0 Å². The van der Waals surface area contributed by atoms with E-state index in [1.165, 1.54) is 23.9 Å². The molecule has 0 atom stereocenters. The second-order valence-electron chi connectivity index (χ2n) is 3.92. The lowest BCUT2D eigenvalue weighted by Crippen LogP contribution is -2.32. The van der Waals surface area contributed by atoms with Crippen LogP contribution in [0.1, 0.15) is 0 Å². The number of non-ortho nitro benzene ring substituents is 1. The lowest BCUT2D eigenvalue weighted by Gasteiger charge is -2.18. The zero-order chi connectivity index (χ0) is 15.0. The van der Waals surface area contributed by atoms with Crippen LogP contribution in [-0.2, 0) is 4.79 Å². The van der Waals surface area contributed by atoms with E-state index < -0.39 is 4.92 Å². The standard InChI is InChI=1S/C14H16N2O3S/c1-3-9-15(10-4-2)14(17)11-20-13-7-5-12(6-8-13)16(18)19/h3-8H,1-2,9-11H2. The average molecular weight is 292 g/mol. The molecule has 0 radical (unpaired) electrons. The third-order valence-corrected chi connectivity index (χ3v) is 3.46. The molecule has 106 valence electrons. The highest BCUT2D eigenvalue weighted by Crippen LogP contribution is 2.21. The van der Waals surface area contributed by atoms with Crippen molar-refractivity contribution >= 4 is 23.4 Å². The fraction of sp³-hybridized carbons (Fsp3) is 0.214. The lowest BCUT2D eigenvalue weighted by molar-refractivity contribution is -0.384. The number of thioether (sulfide) groups is 1. The molecule has 1 rings (SSSR count). The summed E-state index contributed by atoms with van der Waals surface area (Å²) in [7, 11) is 0. The van der Waals surface area contributed by atoms with Crippen molar-refractivity contribution in [3.05, 3.63) is 59.7 Å². The predicted octanol–water partition coefficient (Wildman–Crippen LogP) is 2.89.